The number of hydrogen-bond donors (Lipinski definition) is 2. The fraction of sp³-hybridized carbons (Fsp3) is 0.176. The van der Waals surface area contributed by atoms with Gasteiger partial charge in [0.15, 0.2) is 0 Å². The van der Waals surface area contributed by atoms with Gasteiger partial charge in [-0.25, -0.2) is 9.97 Å². The molecule has 0 amide bonds. The van der Waals surface area contributed by atoms with E-state index in [2.05, 4.69) is 27.4 Å². The van der Waals surface area contributed by atoms with Gasteiger partial charge >= 0.3 is 0 Å². The Hall–Kier alpha value is -2.46. The van der Waals surface area contributed by atoms with Gasteiger partial charge < -0.3 is 11.1 Å². The van der Waals surface area contributed by atoms with E-state index in [4.69, 9.17) is 5.73 Å². The molecule has 1 heterocycles. The van der Waals surface area contributed by atoms with E-state index in [1.165, 1.54) is 5.56 Å². The summed E-state index contributed by atoms with van der Waals surface area (Å²) in [5.41, 5.74) is 8.11. The summed E-state index contributed by atoms with van der Waals surface area (Å²) in [6.45, 7) is 0.549. The van der Waals surface area contributed by atoms with Gasteiger partial charge in [-0.05, 0) is 24.1 Å². The van der Waals surface area contributed by atoms with E-state index < -0.39 is 0 Å². The van der Waals surface area contributed by atoms with Gasteiger partial charge in [-0.15, -0.1) is 0 Å². The standard InChI is InChI=1S/C17H18N4/c18-11-14(10-13-6-2-1-3-7-13)21-17-15-8-4-5-9-16(15)19-12-20-17/h1-9,12,14H,10-11,18H2,(H,19,20,21). The largest absolute Gasteiger partial charge is 0.365 e. The van der Waals surface area contributed by atoms with Crippen LogP contribution < -0.4 is 11.1 Å². The molecule has 0 saturated carbocycles. The summed E-state index contributed by atoms with van der Waals surface area (Å²) < 4.78 is 0. The Bertz CT molecular complexity index is 707. The first kappa shape index (κ1) is 13.5. The van der Waals surface area contributed by atoms with Crippen LogP contribution in [0.15, 0.2) is 60.9 Å². The van der Waals surface area contributed by atoms with Crippen molar-refractivity contribution in [1.82, 2.24) is 9.97 Å². The van der Waals surface area contributed by atoms with Crippen LogP contribution >= 0.6 is 0 Å². The molecular formula is C17H18N4. The van der Waals surface area contributed by atoms with Crippen LogP contribution in [0, 0.1) is 0 Å². The molecule has 1 atom stereocenters. The van der Waals surface area contributed by atoms with Crippen LogP contribution in [-0.2, 0) is 6.42 Å². The number of nitrogens with one attached hydrogen (secondary N) is 1. The maximum absolute atomic E-state index is 5.91. The monoisotopic (exact) mass is 278 g/mol. The Labute approximate surface area is 124 Å². The fourth-order valence-corrected chi connectivity index (χ4v) is 2.41. The number of hydrogen-bond acceptors (Lipinski definition) is 4. The molecule has 106 valence electrons. The number of benzene rings is 2. The van der Waals surface area contributed by atoms with E-state index in [1.807, 2.05) is 42.5 Å². The average Bonchev–Trinajstić information content (AvgIpc) is 2.55. The van der Waals surface area contributed by atoms with Crippen molar-refractivity contribution < 1.29 is 0 Å². The lowest BCUT2D eigenvalue weighted by molar-refractivity contribution is 0.721. The van der Waals surface area contributed by atoms with E-state index in [1.54, 1.807) is 6.33 Å². The number of rotatable bonds is 5. The van der Waals surface area contributed by atoms with Crippen molar-refractivity contribution in [1.29, 1.82) is 0 Å². The summed E-state index contributed by atoms with van der Waals surface area (Å²) in [5, 5.41) is 4.46. The predicted molar refractivity (Wildman–Crippen MR) is 86.1 cm³/mol. The summed E-state index contributed by atoms with van der Waals surface area (Å²) in [6, 6.07) is 18.5. The third-order valence-corrected chi connectivity index (χ3v) is 3.49. The molecule has 0 aliphatic carbocycles. The zero-order valence-corrected chi connectivity index (χ0v) is 11.7. The zero-order valence-electron chi connectivity index (χ0n) is 11.7. The third-order valence-electron chi connectivity index (χ3n) is 3.49. The summed E-state index contributed by atoms with van der Waals surface area (Å²) in [4.78, 5) is 8.64. The molecule has 0 aliphatic rings. The van der Waals surface area contributed by atoms with Crippen LogP contribution in [0.5, 0.6) is 0 Å². The van der Waals surface area contributed by atoms with Crippen molar-refractivity contribution in [2.75, 3.05) is 11.9 Å². The normalized spacial score (nSPS) is 12.2. The van der Waals surface area contributed by atoms with E-state index in [9.17, 15) is 0 Å². The summed E-state index contributed by atoms with van der Waals surface area (Å²) in [7, 11) is 0. The smallest absolute Gasteiger partial charge is 0.137 e. The van der Waals surface area contributed by atoms with Crippen molar-refractivity contribution in [3.8, 4) is 0 Å². The minimum absolute atomic E-state index is 0.144. The van der Waals surface area contributed by atoms with Crippen LogP contribution in [-0.4, -0.2) is 22.6 Å². The van der Waals surface area contributed by atoms with Gasteiger partial charge in [0.2, 0.25) is 0 Å². The Kier molecular flexibility index (Phi) is 4.07. The van der Waals surface area contributed by atoms with Gasteiger partial charge in [-0.1, -0.05) is 42.5 Å². The number of nitrogens with two attached hydrogens (primary N) is 1. The van der Waals surface area contributed by atoms with Gasteiger partial charge in [-0.2, -0.15) is 0 Å². The SMILES string of the molecule is NCC(Cc1ccccc1)Nc1ncnc2ccccc12. The first-order valence-corrected chi connectivity index (χ1v) is 7.07. The van der Waals surface area contributed by atoms with Crippen LogP contribution in [0.25, 0.3) is 10.9 Å². The molecule has 0 fully saturated rings. The number of para-hydroxylation sites is 1. The minimum atomic E-state index is 0.144. The highest BCUT2D eigenvalue weighted by Gasteiger charge is 2.10. The molecule has 4 heteroatoms. The highest BCUT2D eigenvalue weighted by molar-refractivity contribution is 5.88. The second-order valence-corrected chi connectivity index (χ2v) is 5.01. The molecule has 1 aromatic heterocycles. The van der Waals surface area contributed by atoms with E-state index >= 15 is 0 Å². The highest BCUT2D eigenvalue weighted by atomic mass is 15.0. The number of nitrogens with zero attached hydrogens (tertiary/aromatic N) is 2. The first-order chi connectivity index (χ1) is 10.4. The van der Waals surface area contributed by atoms with Crippen LogP contribution in [0.4, 0.5) is 5.82 Å². The molecule has 3 aromatic rings. The average molecular weight is 278 g/mol. The molecule has 0 spiro atoms. The summed E-state index contributed by atoms with van der Waals surface area (Å²) in [6.07, 6.45) is 2.45. The number of anilines is 1. The molecule has 21 heavy (non-hydrogen) atoms. The Morgan fingerprint density at radius 1 is 0.952 bits per heavy atom. The minimum Gasteiger partial charge on any atom is -0.365 e. The van der Waals surface area contributed by atoms with Gasteiger partial charge in [-0.3, -0.25) is 0 Å². The molecule has 0 bridgehead atoms. The van der Waals surface area contributed by atoms with Crippen LogP contribution in [0.1, 0.15) is 5.56 Å². The second kappa shape index (κ2) is 6.33. The van der Waals surface area contributed by atoms with Crippen molar-refractivity contribution in [3.05, 3.63) is 66.5 Å². The molecular weight excluding hydrogens is 260 g/mol. The Morgan fingerprint density at radius 2 is 1.71 bits per heavy atom. The van der Waals surface area contributed by atoms with Gasteiger partial charge in [0.25, 0.3) is 0 Å². The maximum atomic E-state index is 5.91. The van der Waals surface area contributed by atoms with Gasteiger partial charge in [0.05, 0.1) is 5.52 Å². The lowest BCUT2D eigenvalue weighted by Crippen LogP contribution is -2.31. The lowest BCUT2D eigenvalue weighted by Gasteiger charge is -2.18. The van der Waals surface area contributed by atoms with Crippen molar-refractivity contribution >= 4 is 16.7 Å². The summed E-state index contributed by atoms with van der Waals surface area (Å²) >= 11 is 0. The fourth-order valence-electron chi connectivity index (χ4n) is 2.41. The number of fused-ring (bicyclic) bond motifs is 1. The topological polar surface area (TPSA) is 63.8 Å². The highest BCUT2D eigenvalue weighted by Crippen LogP contribution is 2.19. The third kappa shape index (κ3) is 3.17. The van der Waals surface area contributed by atoms with Gasteiger partial charge in [0.1, 0.15) is 12.1 Å². The predicted octanol–water partition coefficient (Wildman–Crippen LogP) is 2.61. The lowest BCUT2D eigenvalue weighted by atomic mass is 10.1. The number of aromatic nitrogens is 2. The molecule has 0 radical (unpaired) electrons. The molecule has 3 N–H and O–H groups in total. The maximum Gasteiger partial charge on any atom is 0.137 e. The zero-order chi connectivity index (χ0) is 14.5. The molecule has 0 saturated heterocycles. The van der Waals surface area contributed by atoms with E-state index in [0.717, 1.165) is 23.1 Å². The second-order valence-electron chi connectivity index (χ2n) is 5.01. The van der Waals surface area contributed by atoms with Crippen LogP contribution in [0.3, 0.4) is 0 Å². The van der Waals surface area contributed by atoms with Crippen molar-refractivity contribution in [2.45, 2.75) is 12.5 Å². The molecule has 4 nitrogen and oxygen atoms in total. The first-order valence-electron chi connectivity index (χ1n) is 7.07. The van der Waals surface area contributed by atoms with E-state index in [0.29, 0.717) is 6.54 Å². The molecule has 2 aromatic carbocycles. The Morgan fingerprint density at radius 3 is 2.52 bits per heavy atom. The van der Waals surface area contributed by atoms with Gasteiger partial charge in [0, 0.05) is 18.0 Å². The quantitative estimate of drug-likeness (QED) is 0.753. The summed E-state index contributed by atoms with van der Waals surface area (Å²) in [5.74, 6) is 0.840. The van der Waals surface area contributed by atoms with E-state index in [-0.39, 0.29) is 6.04 Å². The molecule has 3 rings (SSSR count). The molecule has 1 unspecified atom stereocenters. The van der Waals surface area contributed by atoms with Crippen molar-refractivity contribution in [3.63, 3.8) is 0 Å². The van der Waals surface area contributed by atoms with Crippen molar-refractivity contribution in [2.24, 2.45) is 5.73 Å². The Balaban J connectivity index is 1.82. The van der Waals surface area contributed by atoms with Crippen LogP contribution in [0.2, 0.25) is 0 Å². The molecule has 0 aliphatic heterocycles.